The van der Waals surface area contributed by atoms with E-state index in [0.29, 0.717) is 0 Å². The van der Waals surface area contributed by atoms with Crippen LogP contribution >= 0.6 is 15.9 Å². The zero-order chi connectivity index (χ0) is 20.8. The number of halogens is 1. The monoisotopic (exact) mass is 460 g/mol. The normalized spacial score (nSPS) is 16.3. The van der Waals surface area contributed by atoms with Crippen molar-refractivity contribution < 1.29 is 14.3 Å². The van der Waals surface area contributed by atoms with Gasteiger partial charge < -0.3 is 14.8 Å². The number of hydrogen-bond acceptors (Lipinski definition) is 4. The van der Waals surface area contributed by atoms with E-state index in [-0.39, 0.29) is 17.9 Å². The molecule has 1 unspecified atom stereocenters. The van der Waals surface area contributed by atoms with E-state index in [4.69, 9.17) is 9.47 Å². The second-order valence-electron chi connectivity index (χ2n) is 7.52. The molecule has 1 N–H and O–H groups in total. The highest BCUT2D eigenvalue weighted by Crippen LogP contribution is 2.30. The van der Waals surface area contributed by atoms with Gasteiger partial charge in [-0.1, -0.05) is 28.1 Å². The molecule has 0 aromatic heterocycles. The molecule has 1 atom stereocenters. The van der Waals surface area contributed by atoms with Crippen LogP contribution in [0.2, 0.25) is 0 Å². The van der Waals surface area contributed by atoms with Crippen molar-refractivity contribution in [2.75, 3.05) is 27.3 Å². The van der Waals surface area contributed by atoms with Crippen LogP contribution in [0, 0.1) is 5.92 Å². The Balaban J connectivity index is 1.53. The summed E-state index contributed by atoms with van der Waals surface area (Å²) in [6.45, 7) is 4.78. The molecule has 1 aliphatic heterocycles. The van der Waals surface area contributed by atoms with Gasteiger partial charge in [0.05, 0.1) is 20.3 Å². The minimum atomic E-state index is -0.145. The molecule has 1 aliphatic rings. The number of amides is 1. The first kappa shape index (κ1) is 21.7. The number of carbonyl (C=O) groups is 1. The standard InChI is InChI=1S/C23H29BrN2O3/c1-16(21-14-20(28-2)8-9-22(21)29-3)25-23(27)18-10-12-26(13-11-18)15-17-4-6-19(24)7-5-17/h4-9,14,16,18H,10-13,15H2,1-3H3,(H,25,27). The maximum Gasteiger partial charge on any atom is 0.223 e. The van der Waals surface area contributed by atoms with E-state index in [1.807, 2.05) is 25.1 Å². The summed E-state index contributed by atoms with van der Waals surface area (Å²) in [7, 11) is 3.28. The largest absolute Gasteiger partial charge is 0.497 e. The lowest BCUT2D eigenvalue weighted by molar-refractivity contribution is -0.127. The van der Waals surface area contributed by atoms with Gasteiger partial charge in [-0.25, -0.2) is 0 Å². The van der Waals surface area contributed by atoms with Crippen LogP contribution in [0.1, 0.15) is 36.9 Å². The van der Waals surface area contributed by atoms with Gasteiger partial charge in [-0.2, -0.15) is 0 Å². The molecule has 1 fully saturated rings. The van der Waals surface area contributed by atoms with Crippen molar-refractivity contribution in [1.82, 2.24) is 10.2 Å². The van der Waals surface area contributed by atoms with E-state index in [9.17, 15) is 4.79 Å². The van der Waals surface area contributed by atoms with Crippen LogP contribution in [-0.4, -0.2) is 38.1 Å². The molecule has 29 heavy (non-hydrogen) atoms. The molecule has 6 heteroatoms. The van der Waals surface area contributed by atoms with E-state index < -0.39 is 0 Å². The second-order valence-corrected chi connectivity index (χ2v) is 8.43. The van der Waals surface area contributed by atoms with Crippen molar-refractivity contribution in [1.29, 1.82) is 0 Å². The van der Waals surface area contributed by atoms with Crippen molar-refractivity contribution in [2.24, 2.45) is 5.92 Å². The lowest BCUT2D eigenvalue weighted by Gasteiger charge is -2.32. The van der Waals surface area contributed by atoms with E-state index in [1.165, 1.54) is 5.56 Å². The van der Waals surface area contributed by atoms with Gasteiger partial charge in [0.2, 0.25) is 5.91 Å². The molecule has 1 heterocycles. The Hall–Kier alpha value is -2.05. The highest BCUT2D eigenvalue weighted by atomic mass is 79.9. The Kier molecular flexibility index (Phi) is 7.56. The molecule has 0 saturated carbocycles. The zero-order valence-corrected chi connectivity index (χ0v) is 18.9. The smallest absolute Gasteiger partial charge is 0.223 e. The summed E-state index contributed by atoms with van der Waals surface area (Å²) in [5.74, 6) is 1.67. The fourth-order valence-electron chi connectivity index (χ4n) is 3.79. The molecule has 3 rings (SSSR count). The number of likely N-dealkylation sites (tertiary alicyclic amines) is 1. The Bertz CT molecular complexity index is 817. The van der Waals surface area contributed by atoms with Crippen LogP contribution < -0.4 is 14.8 Å². The van der Waals surface area contributed by atoms with Gasteiger partial charge in [0.15, 0.2) is 0 Å². The predicted octanol–water partition coefficient (Wildman–Crippen LogP) is 4.56. The van der Waals surface area contributed by atoms with E-state index in [2.05, 4.69) is 50.4 Å². The lowest BCUT2D eigenvalue weighted by atomic mass is 9.94. The van der Waals surface area contributed by atoms with Gasteiger partial charge in [-0.3, -0.25) is 9.69 Å². The van der Waals surface area contributed by atoms with Gasteiger partial charge in [0, 0.05) is 22.5 Å². The van der Waals surface area contributed by atoms with Gasteiger partial charge in [-0.05, 0) is 68.8 Å². The lowest BCUT2D eigenvalue weighted by Crippen LogP contribution is -2.40. The van der Waals surface area contributed by atoms with Gasteiger partial charge in [0.25, 0.3) is 0 Å². The van der Waals surface area contributed by atoms with Crippen LogP contribution in [0.15, 0.2) is 46.9 Å². The molecule has 0 spiro atoms. The molecular weight excluding hydrogens is 432 g/mol. The number of hydrogen-bond donors (Lipinski definition) is 1. The first-order chi connectivity index (χ1) is 14.0. The molecule has 0 aliphatic carbocycles. The number of rotatable bonds is 7. The van der Waals surface area contributed by atoms with Crippen molar-refractivity contribution in [3.63, 3.8) is 0 Å². The van der Waals surface area contributed by atoms with Crippen LogP contribution in [0.4, 0.5) is 0 Å². The summed E-state index contributed by atoms with van der Waals surface area (Å²) in [6.07, 6.45) is 1.76. The maximum absolute atomic E-state index is 12.8. The van der Waals surface area contributed by atoms with Gasteiger partial charge >= 0.3 is 0 Å². The van der Waals surface area contributed by atoms with E-state index in [1.54, 1.807) is 14.2 Å². The van der Waals surface area contributed by atoms with Crippen molar-refractivity contribution in [2.45, 2.75) is 32.4 Å². The quantitative estimate of drug-likeness (QED) is 0.657. The minimum absolute atomic E-state index is 0.0511. The van der Waals surface area contributed by atoms with Crippen LogP contribution in [0.25, 0.3) is 0 Å². The molecule has 5 nitrogen and oxygen atoms in total. The number of piperidine rings is 1. The number of nitrogens with zero attached hydrogens (tertiary/aromatic N) is 1. The van der Waals surface area contributed by atoms with E-state index in [0.717, 1.165) is 54.0 Å². The van der Waals surface area contributed by atoms with Crippen LogP contribution in [0.3, 0.4) is 0 Å². The van der Waals surface area contributed by atoms with Gasteiger partial charge in [0.1, 0.15) is 11.5 Å². The molecule has 0 bridgehead atoms. The van der Waals surface area contributed by atoms with Crippen LogP contribution in [0.5, 0.6) is 11.5 Å². The molecule has 156 valence electrons. The fraction of sp³-hybridized carbons (Fsp3) is 0.435. The van der Waals surface area contributed by atoms with E-state index >= 15 is 0 Å². The van der Waals surface area contributed by atoms with Crippen molar-refractivity contribution in [3.05, 3.63) is 58.1 Å². The highest BCUT2D eigenvalue weighted by molar-refractivity contribution is 9.10. The molecular formula is C23H29BrN2O3. The molecule has 0 radical (unpaired) electrons. The zero-order valence-electron chi connectivity index (χ0n) is 17.3. The second kappa shape index (κ2) is 10.1. The predicted molar refractivity (Wildman–Crippen MR) is 118 cm³/mol. The average Bonchev–Trinajstić information content (AvgIpc) is 2.75. The Morgan fingerprint density at radius 3 is 2.45 bits per heavy atom. The number of carbonyl (C=O) groups excluding carboxylic acids is 1. The third-order valence-corrected chi connectivity index (χ3v) is 6.07. The Morgan fingerprint density at radius 2 is 1.83 bits per heavy atom. The van der Waals surface area contributed by atoms with Crippen molar-refractivity contribution in [3.8, 4) is 11.5 Å². The summed E-state index contributed by atoms with van der Waals surface area (Å²) >= 11 is 3.47. The van der Waals surface area contributed by atoms with Gasteiger partial charge in [-0.15, -0.1) is 0 Å². The molecule has 2 aromatic rings. The Morgan fingerprint density at radius 1 is 1.14 bits per heavy atom. The topological polar surface area (TPSA) is 50.8 Å². The number of benzene rings is 2. The third kappa shape index (κ3) is 5.73. The Labute approximate surface area is 181 Å². The van der Waals surface area contributed by atoms with Crippen LogP contribution in [-0.2, 0) is 11.3 Å². The summed E-state index contributed by atoms with van der Waals surface area (Å²) in [5.41, 5.74) is 2.22. The molecule has 1 amide bonds. The maximum atomic E-state index is 12.8. The fourth-order valence-corrected chi connectivity index (χ4v) is 4.05. The first-order valence-corrected chi connectivity index (χ1v) is 10.8. The minimum Gasteiger partial charge on any atom is -0.497 e. The number of ether oxygens (including phenoxy) is 2. The number of methoxy groups -OCH3 is 2. The average molecular weight is 461 g/mol. The highest BCUT2D eigenvalue weighted by Gasteiger charge is 2.26. The third-order valence-electron chi connectivity index (χ3n) is 5.54. The summed E-state index contributed by atoms with van der Waals surface area (Å²) in [4.78, 5) is 15.2. The summed E-state index contributed by atoms with van der Waals surface area (Å²) in [6, 6.07) is 13.9. The SMILES string of the molecule is COc1ccc(OC)c(C(C)NC(=O)C2CCN(Cc3ccc(Br)cc3)CC2)c1. The molecule has 2 aromatic carbocycles. The summed E-state index contributed by atoms with van der Waals surface area (Å²) < 4.78 is 11.9. The van der Waals surface area contributed by atoms with Crippen molar-refractivity contribution >= 4 is 21.8 Å². The first-order valence-electron chi connectivity index (χ1n) is 9.99. The number of nitrogens with one attached hydrogen (secondary N) is 1. The molecule has 1 saturated heterocycles. The summed E-state index contributed by atoms with van der Waals surface area (Å²) in [5, 5.41) is 3.16.